The first-order chi connectivity index (χ1) is 9.45. The Morgan fingerprint density at radius 1 is 1.35 bits per heavy atom. The second kappa shape index (κ2) is 7.46. The minimum atomic E-state index is -1.06. The summed E-state index contributed by atoms with van der Waals surface area (Å²) in [6, 6.07) is 6.32. The molecule has 7 nitrogen and oxygen atoms in total. The second-order valence-corrected chi connectivity index (χ2v) is 4.39. The average Bonchev–Trinajstić information content (AvgIpc) is 2.45. The molecule has 1 rings (SSSR count). The molecule has 0 radical (unpaired) electrons. The van der Waals surface area contributed by atoms with Gasteiger partial charge in [-0.1, -0.05) is 29.4 Å². The van der Waals surface area contributed by atoms with Crippen LogP contribution >= 0.6 is 0 Å². The van der Waals surface area contributed by atoms with E-state index >= 15 is 0 Å². The van der Waals surface area contributed by atoms with E-state index < -0.39 is 12.2 Å². The fourth-order valence-corrected chi connectivity index (χ4v) is 1.68. The number of oxime groups is 1. The van der Waals surface area contributed by atoms with E-state index in [4.69, 9.17) is 10.9 Å². The Kier molecular flexibility index (Phi) is 5.95. The molecule has 1 aromatic rings. The van der Waals surface area contributed by atoms with Crippen molar-refractivity contribution in [2.45, 2.75) is 25.6 Å². The summed E-state index contributed by atoms with van der Waals surface area (Å²) in [5, 5.41) is 33.7. The maximum atomic E-state index is 10.7. The van der Waals surface area contributed by atoms with E-state index in [1.54, 1.807) is 24.3 Å². The number of nitrogens with zero attached hydrogens (tertiary/aromatic N) is 1. The summed E-state index contributed by atoms with van der Waals surface area (Å²) >= 11 is 0. The molecule has 1 amide bonds. The van der Waals surface area contributed by atoms with Gasteiger partial charge >= 0.3 is 0 Å². The molecular formula is C13H19N3O4. The molecule has 0 saturated carbocycles. The zero-order valence-corrected chi connectivity index (χ0v) is 11.2. The molecule has 0 spiro atoms. The van der Waals surface area contributed by atoms with E-state index in [0.29, 0.717) is 11.1 Å². The average molecular weight is 281 g/mol. The van der Waals surface area contributed by atoms with Crippen LogP contribution in [0, 0.1) is 0 Å². The molecule has 0 aliphatic rings. The Labute approximate surface area is 116 Å². The van der Waals surface area contributed by atoms with E-state index in [0.717, 1.165) is 0 Å². The summed E-state index contributed by atoms with van der Waals surface area (Å²) in [6.07, 6.45) is -1.82. The number of aliphatic hydroxyl groups is 2. The molecule has 0 aliphatic carbocycles. The highest BCUT2D eigenvalue weighted by Crippen LogP contribution is 2.19. The third-order valence-electron chi connectivity index (χ3n) is 2.83. The number of aliphatic hydroxyl groups excluding tert-OH is 2. The molecule has 2 unspecified atom stereocenters. The number of nitrogens with one attached hydrogen (secondary N) is 1. The first kappa shape index (κ1) is 15.9. The van der Waals surface area contributed by atoms with Crippen LogP contribution in [0.15, 0.2) is 29.4 Å². The molecule has 7 heteroatoms. The van der Waals surface area contributed by atoms with E-state index in [2.05, 4.69) is 10.5 Å². The number of carbonyl (C=O) groups is 1. The first-order valence-electron chi connectivity index (χ1n) is 6.14. The number of hydrogen-bond acceptors (Lipinski definition) is 5. The molecule has 0 aliphatic heterocycles. The van der Waals surface area contributed by atoms with Gasteiger partial charge in [-0.05, 0) is 12.0 Å². The van der Waals surface area contributed by atoms with Gasteiger partial charge in [0.25, 0.3) is 0 Å². The van der Waals surface area contributed by atoms with Gasteiger partial charge in [0.1, 0.15) is 6.10 Å². The molecule has 110 valence electrons. The molecule has 6 N–H and O–H groups in total. The van der Waals surface area contributed by atoms with Gasteiger partial charge in [0.2, 0.25) is 5.91 Å². The summed E-state index contributed by atoms with van der Waals surface area (Å²) in [5.41, 5.74) is 6.44. The molecule has 20 heavy (non-hydrogen) atoms. The van der Waals surface area contributed by atoms with Crippen molar-refractivity contribution in [1.82, 2.24) is 5.32 Å². The van der Waals surface area contributed by atoms with Crippen LogP contribution in [0.2, 0.25) is 0 Å². The van der Waals surface area contributed by atoms with Gasteiger partial charge in [0.05, 0.1) is 6.10 Å². The molecular weight excluding hydrogens is 262 g/mol. The monoisotopic (exact) mass is 281 g/mol. The smallest absolute Gasteiger partial charge is 0.216 e. The molecule has 1 aromatic carbocycles. The number of rotatable bonds is 6. The largest absolute Gasteiger partial charge is 0.409 e. The number of carbonyl (C=O) groups excluding carboxylic acids is 1. The van der Waals surface area contributed by atoms with Crippen molar-refractivity contribution >= 4 is 11.7 Å². The van der Waals surface area contributed by atoms with Crippen LogP contribution in [-0.4, -0.2) is 39.8 Å². The number of nitrogens with two attached hydrogens (primary N) is 1. The minimum absolute atomic E-state index is 0.0303. The van der Waals surface area contributed by atoms with Crippen LogP contribution in [0.1, 0.15) is 30.6 Å². The van der Waals surface area contributed by atoms with Crippen LogP contribution in [0.5, 0.6) is 0 Å². The highest BCUT2D eigenvalue weighted by atomic mass is 16.4. The van der Waals surface area contributed by atoms with E-state index in [1.165, 1.54) is 6.92 Å². The van der Waals surface area contributed by atoms with E-state index in [1.807, 2.05) is 0 Å². The summed E-state index contributed by atoms with van der Waals surface area (Å²) in [6.45, 7) is 1.67. The second-order valence-electron chi connectivity index (χ2n) is 4.39. The highest BCUT2D eigenvalue weighted by Gasteiger charge is 2.18. The Morgan fingerprint density at radius 3 is 2.45 bits per heavy atom. The van der Waals surface area contributed by atoms with Crippen molar-refractivity contribution in [3.8, 4) is 0 Å². The van der Waals surface area contributed by atoms with E-state index in [-0.39, 0.29) is 24.7 Å². The third kappa shape index (κ3) is 4.52. The van der Waals surface area contributed by atoms with Gasteiger partial charge in [-0.25, -0.2) is 0 Å². The van der Waals surface area contributed by atoms with Gasteiger partial charge < -0.3 is 26.5 Å². The van der Waals surface area contributed by atoms with Gasteiger partial charge in [-0.2, -0.15) is 0 Å². The van der Waals surface area contributed by atoms with Crippen molar-refractivity contribution in [3.63, 3.8) is 0 Å². The Bertz CT molecular complexity index is 473. The molecule has 0 saturated heterocycles. The predicted molar refractivity (Wildman–Crippen MR) is 73.2 cm³/mol. The minimum Gasteiger partial charge on any atom is -0.409 e. The lowest BCUT2D eigenvalue weighted by atomic mass is 10.0. The zero-order valence-electron chi connectivity index (χ0n) is 11.2. The highest BCUT2D eigenvalue weighted by molar-refractivity contribution is 5.96. The molecule has 2 atom stereocenters. The van der Waals surface area contributed by atoms with Crippen molar-refractivity contribution in [2.75, 3.05) is 6.54 Å². The predicted octanol–water partition coefficient (Wildman–Crippen LogP) is -0.298. The van der Waals surface area contributed by atoms with Crippen LogP contribution in [-0.2, 0) is 4.79 Å². The van der Waals surface area contributed by atoms with Crippen molar-refractivity contribution in [2.24, 2.45) is 10.9 Å². The SMILES string of the molecule is CC(=O)NCCC(O)C(O)c1ccc(C(N)=NO)cc1. The van der Waals surface area contributed by atoms with Gasteiger partial charge in [0.15, 0.2) is 5.84 Å². The quantitative estimate of drug-likeness (QED) is 0.212. The van der Waals surface area contributed by atoms with Crippen LogP contribution < -0.4 is 11.1 Å². The fourth-order valence-electron chi connectivity index (χ4n) is 1.68. The maximum absolute atomic E-state index is 10.7. The standard InChI is InChI=1S/C13H19N3O4/c1-8(17)15-7-6-11(18)12(19)9-2-4-10(5-3-9)13(14)16-20/h2-5,11-12,18-20H,6-7H2,1H3,(H2,14,16)(H,15,17). The molecule has 0 heterocycles. The number of benzene rings is 1. The van der Waals surface area contributed by atoms with Gasteiger partial charge in [-0.3, -0.25) is 4.79 Å². The Balaban J connectivity index is 2.62. The lowest BCUT2D eigenvalue weighted by Crippen LogP contribution is -2.27. The Morgan fingerprint density at radius 2 is 1.95 bits per heavy atom. The van der Waals surface area contributed by atoms with E-state index in [9.17, 15) is 15.0 Å². The first-order valence-corrected chi connectivity index (χ1v) is 6.14. The summed E-state index contributed by atoms with van der Waals surface area (Å²) in [4.78, 5) is 10.7. The van der Waals surface area contributed by atoms with Crippen molar-refractivity contribution in [3.05, 3.63) is 35.4 Å². The topological polar surface area (TPSA) is 128 Å². The normalized spacial score (nSPS) is 14.7. The van der Waals surface area contributed by atoms with Gasteiger partial charge in [-0.15, -0.1) is 0 Å². The van der Waals surface area contributed by atoms with Crippen molar-refractivity contribution < 1.29 is 20.2 Å². The lowest BCUT2D eigenvalue weighted by Gasteiger charge is -2.18. The fraction of sp³-hybridized carbons (Fsp3) is 0.385. The van der Waals surface area contributed by atoms with Crippen LogP contribution in [0.3, 0.4) is 0 Å². The molecule has 0 aromatic heterocycles. The Hall–Kier alpha value is -2.12. The number of amides is 1. The lowest BCUT2D eigenvalue weighted by molar-refractivity contribution is -0.119. The number of amidine groups is 1. The van der Waals surface area contributed by atoms with Crippen molar-refractivity contribution in [1.29, 1.82) is 0 Å². The maximum Gasteiger partial charge on any atom is 0.216 e. The van der Waals surface area contributed by atoms with Crippen LogP contribution in [0.25, 0.3) is 0 Å². The van der Waals surface area contributed by atoms with Gasteiger partial charge in [0, 0.05) is 19.0 Å². The van der Waals surface area contributed by atoms with Crippen LogP contribution in [0.4, 0.5) is 0 Å². The summed E-state index contributed by atoms with van der Waals surface area (Å²) < 4.78 is 0. The summed E-state index contributed by atoms with van der Waals surface area (Å²) in [5.74, 6) is -0.216. The summed E-state index contributed by atoms with van der Waals surface area (Å²) in [7, 11) is 0. The third-order valence-corrected chi connectivity index (χ3v) is 2.83. The zero-order chi connectivity index (χ0) is 15.1. The molecule has 0 fully saturated rings. The number of hydrogen-bond donors (Lipinski definition) is 5. The molecule has 0 bridgehead atoms.